The molecule has 2 aromatic rings. The van der Waals surface area contributed by atoms with Gasteiger partial charge in [0.1, 0.15) is 10.1 Å². The van der Waals surface area contributed by atoms with Crippen molar-refractivity contribution in [2.24, 2.45) is 0 Å². The number of hydrogen-bond donors (Lipinski definition) is 1. The van der Waals surface area contributed by atoms with E-state index in [1.54, 1.807) is 4.90 Å². The number of benzene rings is 2. The monoisotopic (exact) mass is 636 g/mol. The minimum atomic E-state index is -4.66. The van der Waals surface area contributed by atoms with E-state index >= 15 is 0 Å². The number of fused-ring (bicyclic) bond motifs is 1. The maximum Gasteiger partial charge on any atom is 1.00 e. The maximum atomic E-state index is 12.8. The second-order valence-corrected chi connectivity index (χ2v) is 14.0. The van der Waals surface area contributed by atoms with Crippen molar-refractivity contribution >= 4 is 21.5 Å². The molecule has 0 spiro atoms. The van der Waals surface area contributed by atoms with E-state index in [4.69, 9.17) is 0 Å². The van der Waals surface area contributed by atoms with Crippen LogP contribution in [0.2, 0.25) is 0 Å². The maximum absolute atomic E-state index is 12.8. The minimum Gasteiger partial charge on any atom is -0.745 e. The predicted molar refractivity (Wildman–Crippen MR) is 178 cm³/mol. The molecule has 1 aliphatic rings. The molecule has 1 aliphatic heterocycles. The number of unbranched alkanes of at least 4 members (excludes halogenated alkanes) is 19. The number of nitrogens with one attached hydrogen (secondary N) is 1. The average Bonchev–Trinajstić information content (AvgIpc) is 3.31. The first-order valence-electron chi connectivity index (χ1n) is 17.1. The molecule has 1 N–H and O–H groups in total. The van der Waals surface area contributed by atoms with Crippen molar-refractivity contribution in [2.75, 3.05) is 10.2 Å². The van der Waals surface area contributed by atoms with Gasteiger partial charge in [0.25, 0.3) is 0 Å². The smallest absolute Gasteiger partial charge is 0.745 e. The van der Waals surface area contributed by atoms with E-state index in [9.17, 15) is 13.0 Å². The largest absolute Gasteiger partial charge is 1.00 e. The van der Waals surface area contributed by atoms with Crippen molar-refractivity contribution in [1.82, 2.24) is 0 Å². The Morgan fingerprint density at radius 2 is 1.05 bits per heavy atom. The van der Waals surface area contributed by atoms with E-state index in [1.165, 1.54) is 109 Å². The Morgan fingerprint density at radius 1 is 0.628 bits per heavy atom. The first-order chi connectivity index (χ1) is 20.5. The van der Waals surface area contributed by atoms with Gasteiger partial charge in [0, 0.05) is 13.0 Å². The third-order valence-corrected chi connectivity index (χ3v) is 10.3. The fourth-order valence-electron chi connectivity index (χ4n) is 6.41. The number of hydrogen-bond acceptors (Lipinski definition) is 5. The molecule has 2 aromatic carbocycles. The van der Waals surface area contributed by atoms with Gasteiger partial charge in [0.15, 0.2) is 0 Å². The second-order valence-electron chi connectivity index (χ2n) is 12.4. The van der Waals surface area contributed by atoms with Crippen molar-refractivity contribution in [1.29, 1.82) is 0 Å². The van der Waals surface area contributed by atoms with Crippen molar-refractivity contribution in [3.05, 3.63) is 60.2 Å². The van der Waals surface area contributed by atoms with Gasteiger partial charge in [-0.05, 0) is 24.1 Å². The third kappa shape index (κ3) is 13.5. The molecular weight excluding hydrogens is 580 g/mol. The summed E-state index contributed by atoms with van der Waals surface area (Å²) >= 11 is 0. The zero-order chi connectivity index (χ0) is 29.9. The standard InChI is InChI=1S/C36H58N2O3S.K/c1-2-3-4-5-6-7-8-9-10-11-12-13-14-15-16-17-18-19-20-26-31-36(42(39,40)41)37-34-29-24-25-30-35(34)38(36)32-33-27-22-21-23-28-33;/h21-25,27-30,37H,2-20,26,31-32H2,1H3,(H,39,40,41);/q;+1/p-1. The summed E-state index contributed by atoms with van der Waals surface area (Å²) in [7, 11) is -4.66. The number of nitrogens with zero attached hydrogens (tertiary/aromatic N) is 1. The van der Waals surface area contributed by atoms with Gasteiger partial charge in [-0.2, -0.15) is 0 Å². The molecule has 0 bridgehead atoms. The van der Waals surface area contributed by atoms with Gasteiger partial charge in [-0.25, -0.2) is 8.42 Å². The summed E-state index contributed by atoms with van der Waals surface area (Å²) in [6.07, 6.45) is 26.3. The quantitative estimate of drug-likeness (QED) is 0.0733. The Hall–Kier alpha value is -0.414. The molecule has 0 amide bonds. The molecule has 7 heteroatoms. The van der Waals surface area contributed by atoms with Crippen LogP contribution in [0.5, 0.6) is 0 Å². The average molecular weight is 637 g/mol. The molecule has 0 aromatic heterocycles. The molecule has 236 valence electrons. The van der Waals surface area contributed by atoms with E-state index in [1.807, 2.05) is 54.6 Å². The predicted octanol–water partition coefficient (Wildman–Crippen LogP) is 7.53. The summed E-state index contributed by atoms with van der Waals surface area (Å²) < 4.78 is 38.4. The van der Waals surface area contributed by atoms with E-state index in [0.29, 0.717) is 18.7 Å². The van der Waals surface area contributed by atoms with Gasteiger partial charge in [0.2, 0.25) is 4.99 Å². The topological polar surface area (TPSA) is 72.5 Å². The van der Waals surface area contributed by atoms with Crippen LogP contribution in [0, 0.1) is 0 Å². The SMILES string of the molecule is CCCCCCCCCCCCCCCCCCCCCCC1(S(=O)(=O)[O-])Nc2ccccc2N1Cc1ccccc1.[K+]. The Morgan fingerprint density at radius 3 is 1.51 bits per heavy atom. The van der Waals surface area contributed by atoms with Crippen molar-refractivity contribution in [3.8, 4) is 0 Å². The summed E-state index contributed by atoms with van der Waals surface area (Å²) in [5.74, 6) is 0. The van der Waals surface area contributed by atoms with Crippen LogP contribution in [-0.2, 0) is 16.7 Å². The van der Waals surface area contributed by atoms with Crippen LogP contribution in [0.1, 0.15) is 147 Å². The fraction of sp³-hybridized carbons (Fsp3) is 0.667. The Kier molecular flexibility index (Phi) is 20.0. The van der Waals surface area contributed by atoms with E-state index in [0.717, 1.165) is 24.1 Å². The first-order valence-corrected chi connectivity index (χ1v) is 18.5. The number of para-hydroxylation sites is 2. The van der Waals surface area contributed by atoms with Crippen molar-refractivity contribution in [2.45, 2.75) is 153 Å². The minimum absolute atomic E-state index is 0. The van der Waals surface area contributed by atoms with Crippen LogP contribution in [0.3, 0.4) is 0 Å². The molecule has 1 unspecified atom stereocenters. The van der Waals surface area contributed by atoms with Gasteiger partial charge < -0.3 is 14.8 Å². The molecule has 1 atom stereocenters. The summed E-state index contributed by atoms with van der Waals surface area (Å²) in [6.45, 7) is 2.65. The molecule has 3 rings (SSSR count). The van der Waals surface area contributed by atoms with Crippen molar-refractivity contribution < 1.29 is 64.4 Å². The van der Waals surface area contributed by atoms with Gasteiger partial charge in [-0.3, -0.25) is 0 Å². The van der Waals surface area contributed by atoms with Crippen LogP contribution in [-0.4, -0.2) is 18.0 Å². The molecule has 43 heavy (non-hydrogen) atoms. The second kappa shape index (κ2) is 22.2. The molecule has 1 heterocycles. The molecule has 5 nitrogen and oxygen atoms in total. The summed E-state index contributed by atoms with van der Waals surface area (Å²) in [5.41, 5.74) is 2.46. The Bertz CT molecular complexity index is 1100. The van der Waals surface area contributed by atoms with Crippen molar-refractivity contribution in [3.63, 3.8) is 0 Å². The van der Waals surface area contributed by atoms with E-state index in [-0.39, 0.29) is 57.8 Å². The Balaban J connectivity index is 0.00000645. The zero-order valence-electron chi connectivity index (χ0n) is 27.3. The Labute approximate surface area is 306 Å². The molecular formula is C36H57KN2O3S. The normalized spacial score (nSPS) is 16.1. The summed E-state index contributed by atoms with van der Waals surface area (Å²) in [4.78, 5) is 0.121. The molecule has 0 saturated heterocycles. The molecule has 0 saturated carbocycles. The summed E-state index contributed by atoms with van der Waals surface area (Å²) in [5, 5.41) is 3.14. The molecule has 0 radical (unpaired) electrons. The van der Waals surface area contributed by atoms with Crippen LogP contribution >= 0.6 is 0 Å². The van der Waals surface area contributed by atoms with Gasteiger partial charge in [-0.15, -0.1) is 0 Å². The van der Waals surface area contributed by atoms with Gasteiger partial charge in [-0.1, -0.05) is 171 Å². The molecule has 0 fully saturated rings. The molecule has 0 aliphatic carbocycles. The van der Waals surface area contributed by atoms with Crippen LogP contribution in [0.4, 0.5) is 11.4 Å². The zero-order valence-corrected chi connectivity index (χ0v) is 31.3. The van der Waals surface area contributed by atoms with Gasteiger partial charge >= 0.3 is 51.4 Å². The van der Waals surface area contributed by atoms with Crippen LogP contribution in [0.15, 0.2) is 54.6 Å². The first kappa shape index (κ1) is 38.8. The van der Waals surface area contributed by atoms with Gasteiger partial charge in [0.05, 0.1) is 11.4 Å². The summed E-state index contributed by atoms with van der Waals surface area (Å²) in [6, 6.07) is 17.3. The third-order valence-electron chi connectivity index (χ3n) is 8.93. The van der Waals surface area contributed by atoms with Crippen LogP contribution in [0.25, 0.3) is 0 Å². The van der Waals surface area contributed by atoms with Crippen LogP contribution < -0.4 is 61.6 Å². The van der Waals surface area contributed by atoms with E-state index in [2.05, 4.69) is 12.2 Å². The van der Waals surface area contributed by atoms with E-state index < -0.39 is 15.1 Å². The number of anilines is 2. The number of rotatable bonds is 24. The fourth-order valence-corrected chi connectivity index (χ4v) is 7.47.